The highest BCUT2D eigenvalue weighted by Crippen LogP contribution is 2.34. The van der Waals surface area contributed by atoms with Gasteiger partial charge < -0.3 is 15.2 Å². The molecule has 31 heavy (non-hydrogen) atoms. The van der Waals surface area contributed by atoms with Crippen LogP contribution in [-0.2, 0) is 7.05 Å². The average Bonchev–Trinajstić information content (AvgIpc) is 3.15. The van der Waals surface area contributed by atoms with Gasteiger partial charge in [0.15, 0.2) is 5.16 Å². The molecule has 2 aromatic carbocycles. The van der Waals surface area contributed by atoms with E-state index >= 15 is 0 Å². The van der Waals surface area contributed by atoms with Crippen LogP contribution in [0.5, 0.6) is 0 Å². The Morgan fingerprint density at radius 3 is 2.52 bits per heavy atom. The number of halogens is 1. The summed E-state index contributed by atoms with van der Waals surface area (Å²) in [7, 11) is 1.71. The highest BCUT2D eigenvalue weighted by molar-refractivity contribution is 7.99. The Hall–Kier alpha value is -3.80. The lowest BCUT2D eigenvalue weighted by molar-refractivity contribution is -0.387. The van der Waals surface area contributed by atoms with Gasteiger partial charge in [0.05, 0.1) is 15.4 Å². The van der Waals surface area contributed by atoms with Crippen LogP contribution >= 0.6 is 11.8 Å². The van der Waals surface area contributed by atoms with Crippen molar-refractivity contribution in [2.75, 3.05) is 13.1 Å². The van der Waals surface area contributed by atoms with Gasteiger partial charge in [0.2, 0.25) is 0 Å². The third kappa shape index (κ3) is 5.42. The summed E-state index contributed by atoms with van der Waals surface area (Å²) in [5.41, 5.74) is -0.247. The Labute approximate surface area is 180 Å². The van der Waals surface area contributed by atoms with Crippen LogP contribution in [0.25, 0.3) is 0 Å². The zero-order chi connectivity index (χ0) is 22.4. The number of rotatable bonds is 8. The van der Waals surface area contributed by atoms with Crippen molar-refractivity contribution in [3.8, 4) is 0 Å². The van der Waals surface area contributed by atoms with E-state index in [4.69, 9.17) is 0 Å². The van der Waals surface area contributed by atoms with Crippen LogP contribution < -0.4 is 10.6 Å². The molecule has 0 unspecified atom stereocenters. The van der Waals surface area contributed by atoms with Crippen molar-refractivity contribution in [3.63, 3.8) is 0 Å². The average molecular weight is 444 g/mol. The molecular weight excluding hydrogens is 427 g/mol. The first kappa shape index (κ1) is 21.9. The molecule has 10 nitrogen and oxygen atoms in total. The first-order chi connectivity index (χ1) is 14.9. The molecule has 0 atom stereocenters. The quantitative estimate of drug-likeness (QED) is 0.309. The summed E-state index contributed by atoms with van der Waals surface area (Å²) in [6.07, 6.45) is 1.47. The van der Waals surface area contributed by atoms with E-state index in [0.29, 0.717) is 10.1 Å². The molecule has 3 rings (SSSR count). The monoisotopic (exact) mass is 444 g/mol. The molecule has 2 N–H and O–H groups in total. The minimum absolute atomic E-state index is 0.0566. The molecule has 0 fully saturated rings. The lowest BCUT2D eigenvalue weighted by Gasteiger charge is -2.09. The third-order valence-corrected chi connectivity index (χ3v) is 5.22. The van der Waals surface area contributed by atoms with E-state index < -0.39 is 22.6 Å². The maximum absolute atomic E-state index is 13.6. The summed E-state index contributed by atoms with van der Waals surface area (Å²) in [6.45, 7) is 0.114. The number of benzene rings is 2. The molecule has 0 aliphatic heterocycles. The van der Waals surface area contributed by atoms with Gasteiger partial charge in [-0.05, 0) is 36.0 Å². The van der Waals surface area contributed by atoms with Gasteiger partial charge in [-0.2, -0.15) is 0 Å². The van der Waals surface area contributed by atoms with Crippen LogP contribution in [0.15, 0.2) is 58.8 Å². The van der Waals surface area contributed by atoms with Crippen LogP contribution in [0.4, 0.5) is 10.1 Å². The number of aryl methyl sites for hydroxylation is 1. The van der Waals surface area contributed by atoms with Crippen LogP contribution in [-0.4, -0.2) is 44.6 Å². The number of aromatic nitrogens is 3. The summed E-state index contributed by atoms with van der Waals surface area (Å²) in [5, 5.41) is 24.6. The van der Waals surface area contributed by atoms with Gasteiger partial charge in [0, 0.05) is 31.8 Å². The molecule has 0 radical (unpaired) electrons. The van der Waals surface area contributed by atoms with Crippen molar-refractivity contribution in [2.24, 2.45) is 7.05 Å². The van der Waals surface area contributed by atoms with E-state index in [1.807, 2.05) is 0 Å². The van der Waals surface area contributed by atoms with Crippen LogP contribution in [0.1, 0.15) is 20.7 Å². The summed E-state index contributed by atoms with van der Waals surface area (Å²) in [4.78, 5) is 35.5. The molecule has 0 aliphatic rings. The van der Waals surface area contributed by atoms with Crippen LogP contribution in [0.2, 0.25) is 0 Å². The molecule has 0 spiro atoms. The molecule has 0 saturated heterocycles. The molecule has 1 aromatic heterocycles. The lowest BCUT2D eigenvalue weighted by atomic mass is 10.2. The highest BCUT2D eigenvalue weighted by Gasteiger charge is 2.20. The number of nitrogens with one attached hydrogen (secondary N) is 2. The van der Waals surface area contributed by atoms with Gasteiger partial charge in [0.25, 0.3) is 17.5 Å². The van der Waals surface area contributed by atoms with E-state index in [1.165, 1.54) is 42.7 Å². The van der Waals surface area contributed by atoms with E-state index in [9.17, 15) is 24.1 Å². The van der Waals surface area contributed by atoms with Gasteiger partial charge in [-0.25, -0.2) is 4.39 Å². The molecule has 2 amide bonds. The van der Waals surface area contributed by atoms with Crippen LogP contribution in [0.3, 0.4) is 0 Å². The second-order valence-corrected chi connectivity index (χ2v) is 7.27. The smallest absolute Gasteiger partial charge is 0.284 e. The number of nitro benzene ring substituents is 1. The van der Waals surface area contributed by atoms with Gasteiger partial charge in [0.1, 0.15) is 12.1 Å². The van der Waals surface area contributed by atoms with E-state index in [2.05, 4.69) is 20.8 Å². The second kappa shape index (κ2) is 9.80. The molecule has 12 heteroatoms. The second-order valence-electron chi connectivity index (χ2n) is 6.26. The zero-order valence-electron chi connectivity index (χ0n) is 16.2. The Morgan fingerprint density at radius 2 is 1.87 bits per heavy atom. The molecule has 0 bridgehead atoms. The molecule has 1 heterocycles. The van der Waals surface area contributed by atoms with Crippen molar-refractivity contribution in [1.82, 2.24) is 25.4 Å². The topological polar surface area (TPSA) is 132 Å². The standard InChI is InChI=1S/C19H17FN6O4S/c1-25-11-23-24-19(25)31-16-7-6-12(10-15(16)26(29)30)17(27)21-8-9-22-18(28)13-4-2-3-5-14(13)20/h2-7,10-11H,8-9H2,1H3,(H,21,27)(H,22,28). The highest BCUT2D eigenvalue weighted by atomic mass is 32.2. The number of hydrogen-bond acceptors (Lipinski definition) is 7. The van der Waals surface area contributed by atoms with Crippen molar-refractivity contribution in [2.45, 2.75) is 10.1 Å². The predicted octanol–water partition coefficient (Wildman–Crippen LogP) is 2.17. The molecule has 3 aromatic rings. The van der Waals surface area contributed by atoms with Gasteiger partial charge >= 0.3 is 0 Å². The summed E-state index contributed by atoms with van der Waals surface area (Å²) < 4.78 is 15.2. The number of amides is 2. The van der Waals surface area contributed by atoms with Crippen molar-refractivity contribution in [3.05, 3.63) is 75.9 Å². The first-order valence-corrected chi connectivity index (χ1v) is 9.79. The Bertz CT molecular complexity index is 1140. The maximum atomic E-state index is 13.6. The molecular formula is C19H17FN6O4S. The third-order valence-electron chi connectivity index (χ3n) is 4.10. The number of nitro groups is 1. The number of nitrogens with zero attached hydrogens (tertiary/aromatic N) is 4. The van der Waals surface area contributed by atoms with Crippen molar-refractivity contribution in [1.29, 1.82) is 0 Å². The number of carbonyl (C=O) groups excluding carboxylic acids is 2. The Kier molecular flexibility index (Phi) is 6.92. The van der Waals surface area contributed by atoms with Crippen molar-refractivity contribution >= 4 is 29.3 Å². The largest absolute Gasteiger partial charge is 0.350 e. The summed E-state index contributed by atoms with van der Waals surface area (Å²) in [6, 6.07) is 9.64. The van der Waals surface area contributed by atoms with Crippen LogP contribution in [0, 0.1) is 15.9 Å². The summed E-state index contributed by atoms with van der Waals surface area (Å²) >= 11 is 1.06. The van der Waals surface area contributed by atoms with E-state index in [1.54, 1.807) is 17.7 Å². The maximum Gasteiger partial charge on any atom is 0.284 e. The summed E-state index contributed by atoms with van der Waals surface area (Å²) in [5.74, 6) is -1.79. The first-order valence-electron chi connectivity index (χ1n) is 8.98. The molecule has 0 saturated carbocycles. The van der Waals surface area contributed by atoms with Gasteiger partial charge in [-0.3, -0.25) is 19.7 Å². The zero-order valence-corrected chi connectivity index (χ0v) is 17.1. The van der Waals surface area contributed by atoms with E-state index in [-0.39, 0.29) is 29.9 Å². The number of hydrogen-bond donors (Lipinski definition) is 2. The lowest BCUT2D eigenvalue weighted by Crippen LogP contribution is -2.35. The van der Waals surface area contributed by atoms with Gasteiger partial charge in [-0.1, -0.05) is 12.1 Å². The molecule has 160 valence electrons. The molecule has 0 aliphatic carbocycles. The Balaban J connectivity index is 1.59. The predicted molar refractivity (Wildman–Crippen MR) is 109 cm³/mol. The fourth-order valence-electron chi connectivity index (χ4n) is 2.55. The Morgan fingerprint density at radius 1 is 1.16 bits per heavy atom. The van der Waals surface area contributed by atoms with Crippen molar-refractivity contribution < 1.29 is 18.9 Å². The van der Waals surface area contributed by atoms with Gasteiger partial charge in [-0.15, -0.1) is 10.2 Å². The normalized spacial score (nSPS) is 10.5. The minimum atomic E-state index is -0.643. The minimum Gasteiger partial charge on any atom is -0.350 e. The fourth-order valence-corrected chi connectivity index (χ4v) is 3.40. The van der Waals surface area contributed by atoms with E-state index in [0.717, 1.165) is 11.8 Å². The SMILES string of the molecule is Cn1cnnc1Sc1ccc(C(=O)NCCNC(=O)c2ccccc2F)cc1[N+](=O)[O-]. The number of carbonyl (C=O) groups is 2. The fraction of sp³-hybridized carbons (Fsp3) is 0.158.